The molecule has 15 rings (SSSR count). The molecule has 6 heterocycles. The maximum Gasteiger partial charge on any atom is 0.309 e. The van der Waals surface area contributed by atoms with E-state index in [0.717, 1.165) is 197 Å². The van der Waals surface area contributed by atoms with Crippen molar-refractivity contribution in [1.29, 1.82) is 0 Å². The summed E-state index contributed by atoms with van der Waals surface area (Å²) in [5.74, 6) is 2.28. The summed E-state index contributed by atoms with van der Waals surface area (Å²) < 4.78 is 90.8. The molecular formula is C91H99F4N3O9S. The number of esters is 3. The lowest BCUT2D eigenvalue weighted by Gasteiger charge is -2.24. The number of methoxy groups -OCH3 is 3. The van der Waals surface area contributed by atoms with Gasteiger partial charge in [0.05, 0.1) is 39.1 Å². The van der Waals surface area contributed by atoms with Crippen LogP contribution in [-0.2, 0) is 47.9 Å². The van der Waals surface area contributed by atoms with Crippen LogP contribution in [0.5, 0.6) is 17.2 Å². The molecule has 3 saturated carbocycles. The van der Waals surface area contributed by atoms with Gasteiger partial charge in [-0.1, -0.05) is 93.6 Å². The molecule has 0 bridgehead atoms. The van der Waals surface area contributed by atoms with Gasteiger partial charge in [0, 0.05) is 70.8 Å². The van der Waals surface area contributed by atoms with Crippen LogP contribution in [0.1, 0.15) is 201 Å². The van der Waals surface area contributed by atoms with Gasteiger partial charge in [-0.3, -0.25) is 29.3 Å². The molecule has 3 aromatic heterocycles. The summed E-state index contributed by atoms with van der Waals surface area (Å²) in [5.41, 5.74) is 16.5. The van der Waals surface area contributed by atoms with E-state index in [-0.39, 0.29) is 101 Å². The first-order chi connectivity index (χ1) is 52.2. The molecule has 6 aliphatic rings. The molecule has 108 heavy (non-hydrogen) atoms. The molecule has 0 amide bonds. The average molecular weight is 1490 g/mol. The van der Waals surface area contributed by atoms with Crippen LogP contribution in [0.3, 0.4) is 0 Å². The summed E-state index contributed by atoms with van der Waals surface area (Å²) in [7, 11) is 4.34. The Bertz CT molecular complexity index is 4200. The van der Waals surface area contributed by atoms with Gasteiger partial charge in [0.15, 0.2) is 0 Å². The number of aryl methyl sites for hydroxylation is 6. The van der Waals surface area contributed by atoms with E-state index in [0.29, 0.717) is 34.4 Å². The van der Waals surface area contributed by atoms with E-state index in [1.54, 1.807) is 36.8 Å². The van der Waals surface area contributed by atoms with Crippen LogP contribution in [0.2, 0.25) is 0 Å². The second-order valence-electron chi connectivity index (χ2n) is 30.0. The van der Waals surface area contributed by atoms with Crippen LogP contribution >= 0.6 is 12.1 Å². The number of benzene rings is 6. The molecule has 12 nitrogen and oxygen atoms in total. The summed E-state index contributed by atoms with van der Waals surface area (Å²) in [4.78, 5) is 49.7. The molecule has 6 aromatic carbocycles. The van der Waals surface area contributed by atoms with Gasteiger partial charge >= 0.3 is 17.9 Å². The SMILES string of the molecule is COC(=O)[C@@H](C)[C@H](c1ccc2c(c1)OC(c1ccc(-c3ccnc(C)c3)cc1F)CCC2)C1CC1.COC(=O)[C@@H](C)[C@H](c1ccc2c(c1)OC(c1ccc(-c3ccnc(C)c3)cc1F)CCC2)C1CC1.COC(=O)[C@@H](C)[C@H](c1ccc2c(c1)OC(c1ccc(-c3ccnc(C)c3)cc1F)CCC2)C1CC1.CSF. The van der Waals surface area contributed by atoms with Crippen molar-refractivity contribution in [1.82, 2.24) is 15.0 Å². The Hall–Kier alpha value is -9.35. The van der Waals surface area contributed by atoms with E-state index < -0.39 is 0 Å². The van der Waals surface area contributed by atoms with Crippen molar-refractivity contribution in [2.45, 2.75) is 174 Å². The standard InChI is InChI=1S/3C30H32FNO3.CH3FS/c3*1-18-15-23(13-14-32-18)22-11-12-25(26(31)16-22)27-6-4-5-20-7-10-24(17-28(20)35-27)29(21-8-9-21)19(2)30(33)34-3;1-3-2/h3*7,10-17,19,21,27,29H,4-6,8-9H2,1-3H3;1H3/t3*19-,27?,29-;/m000./s1. The first-order valence-electron chi connectivity index (χ1n) is 38.2. The molecule has 9 atom stereocenters. The Morgan fingerprint density at radius 1 is 0.389 bits per heavy atom. The van der Waals surface area contributed by atoms with E-state index in [9.17, 15) is 18.3 Å². The Morgan fingerprint density at radius 2 is 0.648 bits per heavy atom. The topological polar surface area (TPSA) is 145 Å². The molecule has 3 aliphatic carbocycles. The lowest BCUT2D eigenvalue weighted by Crippen LogP contribution is -2.22. The zero-order chi connectivity index (χ0) is 76.3. The summed E-state index contributed by atoms with van der Waals surface area (Å²) in [6.07, 6.45) is 20.0. The number of ether oxygens (including phenoxy) is 6. The summed E-state index contributed by atoms with van der Waals surface area (Å²) >= 11 is 0.250. The minimum Gasteiger partial charge on any atom is -0.485 e. The van der Waals surface area contributed by atoms with Crippen molar-refractivity contribution in [3.05, 3.63) is 249 Å². The van der Waals surface area contributed by atoms with Crippen LogP contribution in [0, 0.1) is 73.7 Å². The second-order valence-corrected chi connectivity index (χ2v) is 30.4. The lowest BCUT2D eigenvalue weighted by molar-refractivity contribution is -0.146. The van der Waals surface area contributed by atoms with Crippen molar-refractivity contribution in [3.8, 4) is 50.6 Å². The minimum absolute atomic E-state index is 0.109. The number of halogens is 4. The predicted molar refractivity (Wildman–Crippen MR) is 416 cm³/mol. The van der Waals surface area contributed by atoms with Crippen LogP contribution in [0.4, 0.5) is 17.1 Å². The number of hydrogen-bond acceptors (Lipinski definition) is 13. The van der Waals surface area contributed by atoms with Crippen LogP contribution < -0.4 is 14.2 Å². The molecule has 566 valence electrons. The van der Waals surface area contributed by atoms with Gasteiger partial charge in [0.1, 0.15) is 53.0 Å². The quantitative estimate of drug-likeness (QED) is 0.0457. The van der Waals surface area contributed by atoms with Gasteiger partial charge in [0.2, 0.25) is 0 Å². The number of carbonyl (C=O) groups excluding carboxylic acids is 3. The molecule has 17 heteroatoms. The van der Waals surface area contributed by atoms with Gasteiger partial charge in [-0.05, 0) is 292 Å². The molecule has 0 saturated heterocycles. The van der Waals surface area contributed by atoms with Gasteiger partial charge in [-0.25, -0.2) is 13.2 Å². The Kier molecular flexibility index (Phi) is 25.9. The highest BCUT2D eigenvalue weighted by atomic mass is 32.2. The van der Waals surface area contributed by atoms with E-state index in [1.165, 1.54) is 27.6 Å². The van der Waals surface area contributed by atoms with Gasteiger partial charge in [0.25, 0.3) is 0 Å². The van der Waals surface area contributed by atoms with E-state index in [1.807, 2.05) is 114 Å². The highest BCUT2D eigenvalue weighted by Crippen LogP contribution is 2.52. The molecule has 3 unspecified atom stereocenters. The number of carbonyl (C=O) groups is 3. The summed E-state index contributed by atoms with van der Waals surface area (Å²) in [6, 6.07) is 46.8. The number of fused-ring (bicyclic) bond motifs is 3. The highest BCUT2D eigenvalue weighted by molar-refractivity contribution is 7.93. The monoisotopic (exact) mass is 1490 g/mol. The van der Waals surface area contributed by atoms with Crippen LogP contribution in [0.25, 0.3) is 33.4 Å². The molecule has 3 fully saturated rings. The molecule has 0 N–H and O–H groups in total. The first-order valence-corrected chi connectivity index (χ1v) is 39.3. The van der Waals surface area contributed by atoms with Crippen LogP contribution in [0.15, 0.2) is 164 Å². The fourth-order valence-electron chi connectivity index (χ4n) is 16.4. The predicted octanol–water partition coefficient (Wildman–Crippen LogP) is 22.1. The van der Waals surface area contributed by atoms with Crippen molar-refractivity contribution in [2.75, 3.05) is 27.6 Å². The van der Waals surface area contributed by atoms with E-state index in [4.69, 9.17) is 28.4 Å². The van der Waals surface area contributed by atoms with Gasteiger partial charge in [-0.15, -0.1) is 0 Å². The largest absolute Gasteiger partial charge is 0.485 e. The number of pyridine rings is 3. The van der Waals surface area contributed by atoms with E-state index in [2.05, 4.69) is 69.5 Å². The number of aromatic nitrogens is 3. The van der Waals surface area contributed by atoms with Gasteiger partial charge < -0.3 is 28.4 Å². The second kappa shape index (κ2) is 35.8. The smallest absolute Gasteiger partial charge is 0.309 e. The number of nitrogens with zero attached hydrogens (tertiary/aromatic N) is 3. The zero-order valence-electron chi connectivity index (χ0n) is 63.6. The third-order valence-electron chi connectivity index (χ3n) is 22.4. The number of hydrogen-bond donors (Lipinski definition) is 0. The average Bonchev–Trinajstić information content (AvgIpc) is 1.53. The number of rotatable bonds is 18. The van der Waals surface area contributed by atoms with Crippen molar-refractivity contribution < 1.29 is 59.9 Å². The molecule has 0 spiro atoms. The summed E-state index contributed by atoms with van der Waals surface area (Å²) in [5, 5.41) is 0. The Morgan fingerprint density at radius 3 is 0.880 bits per heavy atom. The molecule has 0 radical (unpaired) electrons. The summed E-state index contributed by atoms with van der Waals surface area (Å²) in [6.45, 7) is 11.6. The van der Waals surface area contributed by atoms with E-state index >= 15 is 13.2 Å². The zero-order valence-corrected chi connectivity index (χ0v) is 64.4. The van der Waals surface area contributed by atoms with Crippen molar-refractivity contribution in [2.24, 2.45) is 35.5 Å². The third kappa shape index (κ3) is 19.0. The van der Waals surface area contributed by atoms with Crippen molar-refractivity contribution in [3.63, 3.8) is 0 Å². The Balaban J connectivity index is 0.000000148. The normalized spacial score (nSPS) is 18.8. The molecule has 3 aliphatic heterocycles. The first kappa shape index (κ1) is 78.2. The minimum atomic E-state index is -0.350. The van der Waals surface area contributed by atoms with Gasteiger partial charge in [-0.2, -0.15) is 3.89 Å². The maximum absolute atomic E-state index is 15.3. The van der Waals surface area contributed by atoms with Crippen LogP contribution in [-0.4, -0.2) is 60.4 Å². The molecular weight excluding hydrogens is 1390 g/mol. The molecule has 9 aromatic rings. The Labute approximate surface area is 637 Å². The fourth-order valence-corrected chi connectivity index (χ4v) is 16.4. The van der Waals surface area contributed by atoms with Crippen molar-refractivity contribution >= 4 is 30.1 Å². The third-order valence-corrected chi connectivity index (χ3v) is 22.4. The fraction of sp³-hybridized carbons (Fsp3) is 0.407. The maximum atomic E-state index is 15.3. The highest BCUT2D eigenvalue weighted by Gasteiger charge is 2.43. The lowest BCUT2D eigenvalue weighted by atomic mass is 9.82.